The Morgan fingerprint density at radius 2 is 2.00 bits per heavy atom. The van der Waals surface area contributed by atoms with Gasteiger partial charge in [0.15, 0.2) is 5.84 Å². The van der Waals surface area contributed by atoms with E-state index in [2.05, 4.69) is 28.8 Å². The Kier molecular flexibility index (Phi) is 5.14. The zero-order chi connectivity index (χ0) is 15.4. The van der Waals surface area contributed by atoms with Crippen LogP contribution >= 0.6 is 0 Å². The van der Waals surface area contributed by atoms with E-state index in [4.69, 9.17) is 10.9 Å². The Morgan fingerprint density at radius 3 is 2.52 bits per heavy atom. The molecule has 1 aromatic rings. The number of benzene rings is 1. The predicted octanol–water partition coefficient (Wildman–Crippen LogP) is 1.45. The van der Waals surface area contributed by atoms with Crippen LogP contribution in [0.15, 0.2) is 23.4 Å². The minimum absolute atomic E-state index is 0.0778. The van der Waals surface area contributed by atoms with Crippen molar-refractivity contribution < 1.29 is 9.60 Å². The fourth-order valence-electron chi connectivity index (χ4n) is 2.57. The number of nitrogens with zero attached hydrogens (tertiary/aromatic N) is 3. The third-order valence-electron chi connectivity index (χ3n) is 3.99. The molecule has 0 atom stereocenters. The summed E-state index contributed by atoms with van der Waals surface area (Å²) in [5.41, 5.74) is 6.49. The molecule has 116 valence electrons. The summed E-state index contributed by atoms with van der Waals surface area (Å²) in [5, 5.41) is 11.5. The zero-order valence-electron chi connectivity index (χ0n) is 12.6. The van der Waals surface area contributed by atoms with Gasteiger partial charge < -0.3 is 10.9 Å². The first-order valence-electron chi connectivity index (χ1n) is 7.24. The second kappa shape index (κ2) is 6.87. The van der Waals surface area contributed by atoms with Crippen molar-refractivity contribution in [2.75, 3.05) is 26.2 Å². The van der Waals surface area contributed by atoms with Gasteiger partial charge in [-0.1, -0.05) is 17.3 Å². The van der Waals surface area contributed by atoms with E-state index in [0.717, 1.165) is 26.2 Å². The molecule has 0 spiro atoms. The minimum atomic E-state index is -0.314. The van der Waals surface area contributed by atoms with Gasteiger partial charge in [-0.15, -0.1) is 0 Å². The van der Waals surface area contributed by atoms with Crippen molar-refractivity contribution in [1.82, 2.24) is 9.80 Å². The van der Waals surface area contributed by atoms with Crippen LogP contribution in [0.2, 0.25) is 0 Å². The number of oxime groups is 1. The summed E-state index contributed by atoms with van der Waals surface area (Å²) in [6.07, 6.45) is 0. The molecule has 0 unspecified atom stereocenters. The molecule has 1 aliphatic rings. The molecule has 1 fully saturated rings. The average Bonchev–Trinajstić information content (AvgIpc) is 2.49. The first-order valence-corrected chi connectivity index (χ1v) is 7.24. The van der Waals surface area contributed by atoms with Gasteiger partial charge in [-0.05, 0) is 19.9 Å². The standard InChI is InChI=1S/C15H23FN4O/c1-11(2)20-7-5-19(6-8-20)10-13-4-3-12(9-14(13)16)15(17)18-21/h3-4,9,11,21H,5-8,10H2,1-2H3,(H2,17,18). The van der Waals surface area contributed by atoms with E-state index in [-0.39, 0.29) is 11.7 Å². The van der Waals surface area contributed by atoms with Gasteiger partial charge in [0.2, 0.25) is 0 Å². The summed E-state index contributed by atoms with van der Waals surface area (Å²) in [6, 6.07) is 5.26. The lowest BCUT2D eigenvalue weighted by Crippen LogP contribution is -2.48. The number of piperazine rings is 1. The normalized spacial score (nSPS) is 18.4. The molecule has 3 N–H and O–H groups in total. The van der Waals surface area contributed by atoms with Crippen LogP contribution in [-0.4, -0.2) is 53.1 Å². The van der Waals surface area contributed by atoms with Crippen LogP contribution < -0.4 is 5.73 Å². The number of hydrogen-bond acceptors (Lipinski definition) is 4. The van der Waals surface area contributed by atoms with Crippen LogP contribution in [0.3, 0.4) is 0 Å². The second-order valence-corrected chi connectivity index (χ2v) is 5.70. The van der Waals surface area contributed by atoms with Crippen molar-refractivity contribution >= 4 is 5.84 Å². The summed E-state index contributed by atoms with van der Waals surface area (Å²) in [6.45, 7) is 8.90. The maximum atomic E-state index is 14.1. The average molecular weight is 294 g/mol. The van der Waals surface area contributed by atoms with Crippen molar-refractivity contribution in [2.45, 2.75) is 26.4 Å². The Morgan fingerprint density at radius 1 is 1.33 bits per heavy atom. The van der Waals surface area contributed by atoms with Crippen LogP contribution in [0.5, 0.6) is 0 Å². The van der Waals surface area contributed by atoms with Crippen molar-refractivity contribution in [2.24, 2.45) is 10.9 Å². The lowest BCUT2D eigenvalue weighted by molar-refractivity contribution is 0.103. The van der Waals surface area contributed by atoms with E-state index < -0.39 is 0 Å². The summed E-state index contributed by atoms with van der Waals surface area (Å²) < 4.78 is 14.1. The lowest BCUT2D eigenvalue weighted by Gasteiger charge is -2.37. The van der Waals surface area contributed by atoms with Gasteiger partial charge in [-0.2, -0.15) is 0 Å². The van der Waals surface area contributed by atoms with E-state index in [1.807, 2.05) is 0 Å². The maximum Gasteiger partial charge on any atom is 0.170 e. The smallest absolute Gasteiger partial charge is 0.170 e. The predicted molar refractivity (Wildman–Crippen MR) is 80.9 cm³/mol. The molecule has 1 heterocycles. The van der Waals surface area contributed by atoms with Crippen LogP contribution in [0, 0.1) is 5.82 Å². The summed E-state index contributed by atoms with van der Waals surface area (Å²) in [5.74, 6) is -0.392. The quantitative estimate of drug-likeness (QED) is 0.382. The van der Waals surface area contributed by atoms with Gasteiger partial charge in [-0.25, -0.2) is 4.39 Å². The number of amidine groups is 1. The van der Waals surface area contributed by atoms with E-state index in [9.17, 15) is 4.39 Å². The molecule has 1 aromatic carbocycles. The summed E-state index contributed by atoms with van der Waals surface area (Å²) in [7, 11) is 0. The minimum Gasteiger partial charge on any atom is -0.409 e. The van der Waals surface area contributed by atoms with Crippen LogP contribution in [0.25, 0.3) is 0 Å². The van der Waals surface area contributed by atoms with Crippen molar-refractivity contribution in [3.63, 3.8) is 0 Å². The summed E-state index contributed by atoms with van der Waals surface area (Å²) in [4.78, 5) is 4.68. The SMILES string of the molecule is CC(C)N1CCN(Cc2ccc(/C(N)=N/O)cc2F)CC1. The molecule has 1 aliphatic heterocycles. The Bertz CT molecular complexity index is 510. The Labute approximate surface area is 124 Å². The van der Waals surface area contributed by atoms with Crippen LogP contribution in [0.4, 0.5) is 4.39 Å². The van der Waals surface area contributed by atoms with Gasteiger partial charge >= 0.3 is 0 Å². The maximum absolute atomic E-state index is 14.1. The molecule has 0 radical (unpaired) electrons. The van der Waals surface area contributed by atoms with Crippen LogP contribution in [0.1, 0.15) is 25.0 Å². The highest BCUT2D eigenvalue weighted by Crippen LogP contribution is 2.15. The Hall–Kier alpha value is -1.66. The van der Waals surface area contributed by atoms with Gasteiger partial charge in [0.05, 0.1) is 0 Å². The van der Waals surface area contributed by atoms with Gasteiger partial charge in [-0.3, -0.25) is 9.80 Å². The molecule has 2 rings (SSSR count). The van der Waals surface area contributed by atoms with Gasteiger partial charge in [0.1, 0.15) is 5.82 Å². The van der Waals surface area contributed by atoms with E-state index in [0.29, 0.717) is 23.7 Å². The van der Waals surface area contributed by atoms with Gasteiger partial charge in [0.25, 0.3) is 0 Å². The van der Waals surface area contributed by atoms with E-state index in [1.54, 1.807) is 12.1 Å². The summed E-state index contributed by atoms with van der Waals surface area (Å²) >= 11 is 0. The largest absolute Gasteiger partial charge is 0.409 e. The fourth-order valence-corrected chi connectivity index (χ4v) is 2.57. The highest BCUT2D eigenvalue weighted by molar-refractivity contribution is 5.97. The molecule has 0 aromatic heterocycles. The topological polar surface area (TPSA) is 65.1 Å². The second-order valence-electron chi connectivity index (χ2n) is 5.70. The lowest BCUT2D eigenvalue weighted by atomic mass is 10.1. The molecule has 5 nitrogen and oxygen atoms in total. The first-order chi connectivity index (χ1) is 10.0. The molecule has 0 aliphatic carbocycles. The van der Waals surface area contributed by atoms with Crippen molar-refractivity contribution in [1.29, 1.82) is 0 Å². The molecule has 0 saturated carbocycles. The highest BCUT2D eigenvalue weighted by Gasteiger charge is 2.19. The third kappa shape index (κ3) is 3.92. The molecular formula is C15H23FN4O. The molecule has 21 heavy (non-hydrogen) atoms. The fraction of sp³-hybridized carbons (Fsp3) is 0.533. The van der Waals surface area contributed by atoms with Crippen molar-refractivity contribution in [3.8, 4) is 0 Å². The Balaban J connectivity index is 1.98. The molecule has 0 amide bonds. The van der Waals surface area contributed by atoms with Crippen LogP contribution in [-0.2, 0) is 6.54 Å². The molecule has 0 bridgehead atoms. The number of hydrogen-bond donors (Lipinski definition) is 2. The highest BCUT2D eigenvalue weighted by atomic mass is 19.1. The van der Waals surface area contributed by atoms with Gasteiger partial charge in [0, 0.05) is 49.9 Å². The number of nitrogens with two attached hydrogens (primary N) is 1. The molecule has 6 heteroatoms. The third-order valence-corrected chi connectivity index (χ3v) is 3.99. The monoisotopic (exact) mass is 294 g/mol. The van der Waals surface area contributed by atoms with E-state index >= 15 is 0 Å². The molecular weight excluding hydrogens is 271 g/mol. The van der Waals surface area contributed by atoms with E-state index in [1.165, 1.54) is 6.07 Å². The zero-order valence-corrected chi connectivity index (χ0v) is 12.6. The molecule has 1 saturated heterocycles. The number of rotatable bonds is 4. The number of halogens is 1. The first kappa shape index (κ1) is 15.7. The van der Waals surface area contributed by atoms with Crippen molar-refractivity contribution in [3.05, 3.63) is 35.1 Å².